The lowest BCUT2D eigenvalue weighted by molar-refractivity contribution is -0.130. The van der Waals surface area contributed by atoms with Crippen LogP contribution in [0.5, 0.6) is 0 Å². The first kappa shape index (κ1) is 17.1. The van der Waals surface area contributed by atoms with Gasteiger partial charge in [0.1, 0.15) is 5.15 Å². The molecule has 0 spiro atoms. The third-order valence-corrected chi connectivity index (χ3v) is 6.50. The Morgan fingerprint density at radius 3 is 2.32 bits per heavy atom. The van der Waals surface area contributed by atoms with E-state index in [1.807, 2.05) is 0 Å². The molecular weight excluding hydrogens is 363 g/mol. The molecule has 0 radical (unpaired) electrons. The van der Waals surface area contributed by atoms with E-state index in [2.05, 4.69) is 10.3 Å². The first-order valence-electron chi connectivity index (χ1n) is 8.72. The number of nitrogens with one attached hydrogen (secondary N) is 1. The maximum Gasteiger partial charge on any atom is 0.340 e. The minimum atomic E-state index is -0.633. The Kier molecular flexibility index (Phi) is 4.40. The summed E-state index contributed by atoms with van der Waals surface area (Å²) in [6.07, 6.45) is 8.42. The van der Waals surface area contributed by atoms with E-state index < -0.39 is 5.97 Å². The smallest absolute Gasteiger partial charge is 0.340 e. The van der Waals surface area contributed by atoms with Gasteiger partial charge in [-0.15, -0.1) is 0 Å². The van der Waals surface area contributed by atoms with Crippen molar-refractivity contribution < 1.29 is 14.3 Å². The normalized spacial score (nSPS) is 32.5. The predicted molar refractivity (Wildman–Crippen MR) is 93.6 cm³/mol. The second-order valence-electron chi connectivity index (χ2n) is 7.82. The Hall–Kier alpha value is -1.33. The lowest BCUT2D eigenvalue weighted by Crippen LogP contribution is -2.60. The molecule has 0 aliphatic heterocycles. The highest BCUT2D eigenvalue weighted by molar-refractivity contribution is 6.41. The number of halogens is 2. The molecule has 0 saturated heterocycles. The summed E-state index contributed by atoms with van der Waals surface area (Å²) in [5.74, 6) is 1.37. The number of aromatic nitrogens is 1. The first-order chi connectivity index (χ1) is 11.9. The number of carbonyl (C=O) groups is 2. The Bertz CT molecular complexity index is 687. The molecule has 1 aromatic rings. The molecule has 4 saturated carbocycles. The lowest BCUT2D eigenvalue weighted by atomic mass is 9.53. The maximum atomic E-state index is 12.3. The van der Waals surface area contributed by atoms with E-state index in [1.54, 1.807) is 0 Å². The van der Waals surface area contributed by atoms with Crippen LogP contribution in [-0.2, 0) is 9.53 Å². The number of amides is 1. The monoisotopic (exact) mass is 382 g/mol. The number of hydrogen-bond donors (Lipinski definition) is 1. The van der Waals surface area contributed by atoms with Crippen LogP contribution in [0.15, 0.2) is 12.3 Å². The summed E-state index contributed by atoms with van der Waals surface area (Å²) in [5.41, 5.74) is 0.0978. The number of carbonyl (C=O) groups excluding carboxylic acids is 2. The molecule has 0 atom stereocenters. The van der Waals surface area contributed by atoms with Gasteiger partial charge in [0.05, 0.1) is 10.6 Å². The molecule has 1 heterocycles. The average molecular weight is 383 g/mol. The van der Waals surface area contributed by atoms with E-state index in [9.17, 15) is 9.59 Å². The van der Waals surface area contributed by atoms with E-state index in [1.165, 1.54) is 31.5 Å². The van der Waals surface area contributed by atoms with Crippen molar-refractivity contribution in [2.45, 2.75) is 44.1 Å². The van der Waals surface area contributed by atoms with Crippen molar-refractivity contribution >= 4 is 35.1 Å². The van der Waals surface area contributed by atoms with E-state index in [-0.39, 0.29) is 33.8 Å². The highest BCUT2D eigenvalue weighted by Gasteiger charge is 2.51. The molecule has 1 amide bonds. The highest BCUT2D eigenvalue weighted by atomic mass is 35.5. The van der Waals surface area contributed by atoms with Gasteiger partial charge in [-0.05, 0) is 62.3 Å². The zero-order valence-corrected chi connectivity index (χ0v) is 15.3. The molecule has 7 heteroatoms. The van der Waals surface area contributed by atoms with Crippen molar-refractivity contribution in [3.63, 3.8) is 0 Å². The van der Waals surface area contributed by atoms with Crippen molar-refractivity contribution in [2.24, 2.45) is 17.8 Å². The van der Waals surface area contributed by atoms with Gasteiger partial charge >= 0.3 is 5.97 Å². The number of nitrogens with zero attached hydrogens (tertiary/aromatic N) is 1. The van der Waals surface area contributed by atoms with Gasteiger partial charge in [-0.1, -0.05) is 23.2 Å². The van der Waals surface area contributed by atoms with Crippen LogP contribution in [0.2, 0.25) is 10.2 Å². The van der Waals surface area contributed by atoms with Gasteiger partial charge in [-0.3, -0.25) is 4.79 Å². The number of pyridine rings is 1. The van der Waals surface area contributed by atoms with E-state index >= 15 is 0 Å². The number of ether oxygens (including phenoxy) is 1. The van der Waals surface area contributed by atoms with Crippen LogP contribution in [0.4, 0.5) is 0 Å². The summed E-state index contributed by atoms with van der Waals surface area (Å²) in [5, 5.41) is 3.47. The third kappa shape index (κ3) is 3.49. The van der Waals surface area contributed by atoms with E-state index in [0.29, 0.717) is 0 Å². The van der Waals surface area contributed by atoms with Gasteiger partial charge in [0, 0.05) is 11.7 Å². The fraction of sp³-hybridized carbons (Fsp3) is 0.611. The van der Waals surface area contributed by atoms with Crippen LogP contribution in [0.1, 0.15) is 48.9 Å². The summed E-state index contributed by atoms with van der Waals surface area (Å²) in [4.78, 5) is 28.2. The molecule has 4 aliphatic carbocycles. The number of rotatable bonds is 4. The summed E-state index contributed by atoms with van der Waals surface area (Å²) >= 11 is 11.6. The zero-order valence-electron chi connectivity index (χ0n) is 13.8. The Morgan fingerprint density at radius 2 is 1.76 bits per heavy atom. The van der Waals surface area contributed by atoms with Crippen LogP contribution in [-0.4, -0.2) is 29.0 Å². The predicted octanol–water partition coefficient (Wildman–Crippen LogP) is 3.63. The second-order valence-corrected chi connectivity index (χ2v) is 8.58. The lowest BCUT2D eigenvalue weighted by Gasteiger charge is -2.56. The van der Waals surface area contributed by atoms with Crippen LogP contribution in [0.25, 0.3) is 0 Å². The molecule has 0 unspecified atom stereocenters. The molecule has 134 valence electrons. The molecular formula is C18H20Cl2N2O3. The summed E-state index contributed by atoms with van der Waals surface area (Å²) in [6, 6.07) is 1.39. The fourth-order valence-corrected chi connectivity index (χ4v) is 5.61. The number of hydrogen-bond acceptors (Lipinski definition) is 4. The zero-order chi connectivity index (χ0) is 17.6. The topological polar surface area (TPSA) is 68.3 Å². The molecule has 4 bridgehead atoms. The molecule has 4 fully saturated rings. The molecule has 1 N–H and O–H groups in total. The Labute approximate surface area is 156 Å². The van der Waals surface area contributed by atoms with Crippen molar-refractivity contribution in [2.75, 3.05) is 6.61 Å². The van der Waals surface area contributed by atoms with Gasteiger partial charge in [-0.2, -0.15) is 0 Å². The average Bonchev–Trinajstić information content (AvgIpc) is 2.53. The van der Waals surface area contributed by atoms with Crippen LogP contribution < -0.4 is 5.32 Å². The summed E-state index contributed by atoms with van der Waals surface area (Å²) in [6.45, 7) is -0.291. The van der Waals surface area contributed by atoms with Gasteiger partial charge in [0.2, 0.25) is 0 Å². The standard InChI is InChI=1S/C18H20Cl2N2O3/c19-14-4-13(8-21-16(14)20)17(24)25-9-15(23)22-18-5-10-1-11(6-18)3-12(2-10)7-18/h4,8,10-12H,1-3,5-7,9H2,(H,22,23). The van der Waals surface area contributed by atoms with Gasteiger partial charge in [0.15, 0.2) is 6.61 Å². The van der Waals surface area contributed by atoms with Crippen LogP contribution >= 0.6 is 23.2 Å². The maximum absolute atomic E-state index is 12.3. The Morgan fingerprint density at radius 1 is 1.16 bits per heavy atom. The van der Waals surface area contributed by atoms with Crippen LogP contribution in [0, 0.1) is 17.8 Å². The van der Waals surface area contributed by atoms with E-state index in [4.69, 9.17) is 27.9 Å². The van der Waals surface area contributed by atoms with Crippen molar-refractivity contribution in [1.29, 1.82) is 0 Å². The molecule has 5 nitrogen and oxygen atoms in total. The largest absolute Gasteiger partial charge is 0.452 e. The number of esters is 1. The van der Waals surface area contributed by atoms with Crippen molar-refractivity contribution in [3.05, 3.63) is 28.0 Å². The minimum Gasteiger partial charge on any atom is -0.452 e. The fourth-order valence-electron chi connectivity index (χ4n) is 5.34. The SMILES string of the molecule is O=C(COC(=O)c1cnc(Cl)c(Cl)c1)NC12CC3CC(CC(C3)C1)C2. The summed E-state index contributed by atoms with van der Waals surface area (Å²) < 4.78 is 5.11. The summed E-state index contributed by atoms with van der Waals surface area (Å²) in [7, 11) is 0. The molecule has 0 aromatic carbocycles. The van der Waals surface area contributed by atoms with Crippen molar-refractivity contribution in [3.8, 4) is 0 Å². The Balaban J connectivity index is 1.33. The highest BCUT2D eigenvalue weighted by Crippen LogP contribution is 2.55. The molecule has 25 heavy (non-hydrogen) atoms. The van der Waals surface area contributed by atoms with Gasteiger partial charge in [0.25, 0.3) is 5.91 Å². The molecule has 5 rings (SSSR count). The first-order valence-corrected chi connectivity index (χ1v) is 9.47. The van der Waals surface area contributed by atoms with Gasteiger partial charge in [-0.25, -0.2) is 9.78 Å². The molecule has 4 aliphatic rings. The minimum absolute atomic E-state index is 0.0800. The quantitative estimate of drug-likeness (QED) is 0.637. The second kappa shape index (κ2) is 6.44. The van der Waals surface area contributed by atoms with Gasteiger partial charge < -0.3 is 10.1 Å². The van der Waals surface area contributed by atoms with Crippen molar-refractivity contribution in [1.82, 2.24) is 10.3 Å². The van der Waals surface area contributed by atoms with Crippen LogP contribution in [0.3, 0.4) is 0 Å². The molecule has 1 aromatic heterocycles. The van der Waals surface area contributed by atoms with E-state index in [0.717, 1.165) is 37.0 Å². The third-order valence-electron chi connectivity index (χ3n) is 5.81.